The first-order valence-electron chi connectivity index (χ1n) is 7.19. The zero-order chi connectivity index (χ0) is 17.2. The summed E-state index contributed by atoms with van der Waals surface area (Å²) >= 11 is 0. The van der Waals surface area contributed by atoms with E-state index < -0.39 is 41.8 Å². The molecule has 23 heavy (non-hydrogen) atoms. The third kappa shape index (κ3) is 4.45. The lowest BCUT2D eigenvalue weighted by atomic mass is 9.82. The molecule has 0 bridgehead atoms. The molecular weight excluding hydrogens is 326 g/mol. The van der Waals surface area contributed by atoms with Crippen LogP contribution in [0.5, 0.6) is 11.5 Å². The van der Waals surface area contributed by atoms with Gasteiger partial charge in [-0.1, -0.05) is 19.8 Å². The average Bonchev–Trinajstić information content (AvgIpc) is 2.42. The Kier molecular flexibility index (Phi) is 5.31. The molecule has 1 aromatic rings. The lowest BCUT2D eigenvalue weighted by Gasteiger charge is -2.32. The number of alkyl halides is 4. The van der Waals surface area contributed by atoms with Gasteiger partial charge in [0, 0.05) is 12.1 Å². The van der Waals surface area contributed by atoms with Crippen molar-refractivity contribution >= 4 is 0 Å². The molecule has 0 aliphatic heterocycles. The standard InChI is InChI=1S/C15H16F6O2/c1-8-2-4-9(5-3-8)15(20,21)23-10-6-11(16)13(12(17)7-10)22-14(18)19/h6-9,14H,2-5H2,1H3. The summed E-state index contributed by atoms with van der Waals surface area (Å²) in [6.07, 6.45) is -1.87. The van der Waals surface area contributed by atoms with Crippen molar-refractivity contribution in [2.45, 2.75) is 45.3 Å². The first-order chi connectivity index (χ1) is 10.7. The molecule has 0 radical (unpaired) electrons. The Morgan fingerprint density at radius 2 is 1.57 bits per heavy atom. The van der Waals surface area contributed by atoms with E-state index in [9.17, 15) is 26.3 Å². The van der Waals surface area contributed by atoms with Gasteiger partial charge in [-0.15, -0.1) is 0 Å². The molecule has 1 aromatic carbocycles. The molecule has 0 aromatic heterocycles. The second-order valence-corrected chi connectivity index (χ2v) is 5.72. The van der Waals surface area contributed by atoms with E-state index in [1.807, 2.05) is 6.92 Å². The maximum Gasteiger partial charge on any atom is 0.400 e. The van der Waals surface area contributed by atoms with Crippen molar-refractivity contribution in [3.05, 3.63) is 23.8 Å². The summed E-state index contributed by atoms with van der Waals surface area (Å²) in [5.41, 5.74) is 0. The van der Waals surface area contributed by atoms with Crippen molar-refractivity contribution in [3.63, 3.8) is 0 Å². The van der Waals surface area contributed by atoms with Gasteiger partial charge in [-0.2, -0.15) is 17.6 Å². The van der Waals surface area contributed by atoms with Gasteiger partial charge >= 0.3 is 12.7 Å². The quantitative estimate of drug-likeness (QED) is 0.670. The van der Waals surface area contributed by atoms with Crippen molar-refractivity contribution in [2.24, 2.45) is 11.8 Å². The van der Waals surface area contributed by atoms with Crippen LogP contribution in [-0.2, 0) is 0 Å². The number of benzene rings is 1. The Hall–Kier alpha value is -1.60. The minimum atomic E-state index is -3.59. The molecule has 0 saturated heterocycles. The van der Waals surface area contributed by atoms with Gasteiger partial charge in [-0.25, -0.2) is 8.78 Å². The molecule has 0 N–H and O–H groups in total. The van der Waals surface area contributed by atoms with Crippen LogP contribution < -0.4 is 9.47 Å². The van der Waals surface area contributed by atoms with Crippen LogP contribution in [0.25, 0.3) is 0 Å². The molecular formula is C15H16F6O2. The van der Waals surface area contributed by atoms with Crippen LogP contribution in [0, 0.1) is 23.5 Å². The Morgan fingerprint density at radius 1 is 1.04 bits per heavy atom. The number of hydrogen-bond donors (Lipinski definition) is 0. The molecule has 1 saturated carbocycles. The highest BCUT2D eigenvalue weighted by Crippen LogP contribution is 2.40. The zero-order valence-electron chi connectivity index (χ0n) is 12.3. The lowest BCUT2D eigenvalue weighted by Crippen LogP contribution is -2.37. The van der Waals surface area contributed by atoms with Crippen LogP contribution in [0.1, 0.15) is 32.6 Å². The highest BCUT2D eigenvalue weighted by atomic mass is 19.3. The first-order valence-corrected chi connectivity index (χ1v) is 7.19. The van der Waals surface area contributed by atoms with Crippen molar-refractivity contribution < 1.29 is 35.8 Å². The molecule has 8 heteroatoms. The second kappa shape index (κ2) is 6.88. The van der Waals surface area contributed by atoms with Gasteiger partial charge in [0.1, 0.15) is 5.75 Å². The lowest BCUT2D eigenvalue weighted by molar-refractivity contribution is -0.223. The minimum Gasteiger partial charge on any atom is -0.432 e. The Balaban J connectivity index is 2.13. The maximum atomic E-state index is 14.1. The van der Waals surface area contributed by atoms with Gasteiger partial charge in [-0.3, -0.25) is 0 Å². The van der Waals surface area contributed by atoms with Gasteiger partial charge < -0.3 is 9.47 Å². The molecule has 0 heterocycles. The highest BCUT2D eigenvalue weighted by molar-refractivity contribution is 5.35. The van der Waals surface area contributed by atoms with Crippen LogP contribution in [0.3, 0.4) is 0 Å². The fourth-order valence-electron chi connectivity index (χ4n) is 2.63. The zero-order valence-corrected chi connectivity index (χ0v) is 12.3. The summed E-state index contributed by atoms with van der Waals surface area (Å²) in [4.78, 5) is 0. The van der Waals surface area contributed by atoms with Crippen LogP contribution in [0.4, 0.5) is 26.3 Å². The third-order valence-electron chi connectivity index (χ3n) is 3.92. The number of ether oxygens (including phenoxy) is 2. The largest absolute Gasteiger partial charge is 0.432 e. The number of halogens is 6. The van der Waals surface area contributed by atoms with Crippen LogP contribution >= 0.6 is 0 Å². The van der Waals surface area contributed by atoms with Crippen LogP contribution in [0.15, 0.2) is 12.1 Å². The SMILES string of the molecule is CC1CCC(C(F)(F)Oc2cc(F)c(OC(F)F)c(F)c2)CC1. The van der Waals surface area contributed by atoms with E-state index in [1.165, 1.54) is 0 Å². The van der Waals surface area contributed by atoms with E-state index in [1.54, 1.807) is 0 Å². The maximum absolute atomic E-state index is 14.1. The summed E-state index contributed by atoms with van der Waals surface area (Å²) in [5.74, 6) is -5.88. The summed E-state index contributed by atoms with van der Waals surface area (Å²) in [6.45, 7) is -1.47. The fourth-order valence-corrected chi connectivity index (χ4v) is 2.63. The van der Waals surface area contributed by atoms with E-state index in [0.29, 0.717) is 30.9 Å². The third-order valence-corrected chi connectivity index (χ3v) is 3.92. The van der Waals surface area contributed by atoms with Gasteiger partial charge in [0.15, 0.2) is 17.4 Å². The van der Waals surface area contributed by atoms with Crippen molar-refractivity contribution in [1.29, 1.82) is 0 Å². The molecule has 0 atom stereocenters. The smallest absolute Gasteiger partial charge is 0.400 e. The molecule has 1 aliphatic rings. The van der Waals surface area contributed by atoms with Gasteiger partial charge in [-0.05, 0) is 18.8 Å². The second-order valence-electron chi connectivity index (χ2n) is 5.72. The van der Waals surface area contributed by atoms with Crippen LogP contribution in [0.2, 0.25) is 0 Å². The molecule has 0 amide bonds. The van der Waals surface area contributed by atoms with Crippen molar-refractivity contribution in [3.8, 4) is 11.5 Å². The van der Waals surface area contributed by atoms with Gasteiger partial charge in [0.2, 0.25) is 0 Å². The van der Waals surface area contributed by atoms with E-state index in [-0.39, 0.29) is 12.8 Å². The molecule has 2 nitrogen and oxygen atoms in total. The van der Waals surface area contributed by atoms with E-state index in [2.05, 4.69) is 9.47 Å². The van der Waals surface area contributed by atoms with Crippen molar-refractivity contribution in [1.82, 2.24) is 0 Å². The Morgan fingerprint density at radius 3 is 2.04 bits per heavy atom. The Bertz CT molecular complexity index is 518. The van der Waals surface area contributed by atoms with Gasteiger partial charge in [0.25, 0.3) is 0 Å². The monoisotopic (exact) mass is 342 g/mol. The summed E-state index contributed by atoms with van der Waals surface area (Å²) in [5, 5.41) is 0. The predicted molar refractivity (Wildman–Crippen MR) is 69.7 cm³/mol. The van der Waals surface area contributed by atoms with E-state index in [4.69, 9.17) is 0 Å². The molecule has 1 fully saturated rings. The van der Waals surface area contributed by atoms with Gasteiger partial charge in [0.05, 0.1) is 5.92 Å². The van der Waals surface area contributed by atoms with E-state index in [0.717, 1.165) is 0 Å². The minimum absolute atomic E-state index is 0.242. The topological polar surface area (TPSA) is 18.5 Å². The molecule has 2 rings (SSSR count). The average molecular weight is 342 g/mol. The summed E-state index contributed by atoms with van der Waals surface area (Å²) in [6, 6.07) is 0.806. The highest BCUT2D eigenvalue weighted by Gasteiger charge is 2.43. The predicted octanol–water partition coefficient (Wildman–Crippen LogP) is 5.36. The first kappa shape index (κ1) is 17.7. The molecule has 130 valence electrons. The number of rotatable bonds is 5. The molecule has 0 spiro atoms. The number of hydrogen-bond acceptors (Lipinski definition) is 2. The molecule has 1 aliphatic carbocycles. The normalized spacial score (nSPS) is 22.3. The van der Waals surface area contributed by atoms with Crippen LogP contribution in [-0.4, -0.2) is 12.7 Å². The van der Waals surface area contributed by atoms with E-state index >= 15 is 0 Å². The fraction of sp³-hybridized carbons (Fsp3) is 0.600. The summed E-state index contributed by atoms with van der Waals surface area (Å²) < 4.78 is 87.3. The van der Waals surface area contributed by atoms with Crippen molar-refractivity contribution in [2.75, 3.05) is 0 Å². The molecule has 0 unspecified atom stereocenters. The summed E-state index contributed by atoms with van der Waals surface area (Å²) in [7, 11) is 0. The Labute approximate surface area is 129 Å².